The fourth-order valence-corrected chi connectivity index (χ4v) is 4.65. The molecule has 192 valence electrons. The lowest BCUT2D eigenvalue weighted by molar-refractivity contribution is 0.0122. The van der Waals surface area contributed by atoms with Crippen LogP contribution in [0, 0.1) is 11.6 Å². The highest BCUT2D eigenvalue weighted by molar-refractivity contribution is 6.31. The molecule has 0 spiro atoms. The van der Waals surface area contributed by atoms with Gasteiger partial charge in [0, 0.05) is 23.2 Å². The third-order valence-electron chi connectivity index (χ3n) is 6.08. The second-order valence-electron chi connectivity index (χ2n) is 8.53. The molecule has 1 saturated heterocycles. The molecule has 3 amide bonds. The fourth-order valence-electron chi connectivity index (χ4n) is 4.47. The first-order valence-electron chi connectivity index (χ1n) is 10.8. The summed E-state index contributed by atoms with van der Waals surface area (Å²) >= 11 is 5.73. The largest absolute Gasteiger partial charge is 0.465 e. The predicted octanol–water partition coefficient (Wildman–Crippen LogP) is 4.97. The lowest BCUT2D eigenvalue weighted by atomic mass is 10.0. The third kappa shape index (κ3) is 5.32. The van der Waals surface area contributed by atoms with Gasteiger partial charge in [0.25, 0.3) is 11.8 Å². The van der Waals surface area contributed by atoms with Crippen LogP contribution in [0.15, 0.2) is 30.3 Å². The number of hydrogen-bond acceptors (Lipinski definition) is 4. The van der Waals surface area contributed by atoms with E-state index >= 15 is 0 Å². The highest BCUT2D eigenvalue weighted by Crippen LogP contribution is 2.36. The molecule has 1 unspecified atom stereocenters. The molecule has 13 heteroatoms. The number of halogens is 5. The number of ether oxygens (including phenoxy) is 1. The lowest BCUT2D eigenvalue weighted by Gasteiger charge is -2.21. The molecule has 2 aromatic rings. The molecular weight excluding hydrogens is 510 g/mol. The monoisotopic (exact) mass is 529 g/mol. The van der Waals surface area contributed by atoms with Crippen molar-refractivity contribution >= 4 is 35.4 Å². The predicted molar refractivity (Wildman–Crippen MR) is 119 cm³/mol. The van der Waals surface area contributed by atoms with Gasteiger partial charge in [-0.25, -0.2) is 27.2 Å². The lowest BCUT2D eigenvalue weighted by Crippen LogP contribution is -2.39. The first-order chi connectivity index (χ1) is 16.9. The Morgan fingerprint density at radius 2 is 1.89 bits per heavy atom. The molecule has 3 N–H and O–H groups in total. The first kappa shape index (κ1) is 25.5. The Bertz CT molecular complexity index is 1230. The summed E-state index contributed by atoms with van der Waals surface area (Å²) in [5.41, 5.74) is 0.818. The van der Waals surface area contributed by atoms with Crippen molar-refractivity contribution in [2.24, 2.45) is 0 Å². The van der Waals surface area contributed by atoms with Crippen LogP contribution in [-0.4, -0.2) is 53.2 Å². The van der Waals surface area contributed by atoms with Crippen molar-refractivity contribution in [3.8, 4) is 0 Å². The van der Waals surface area contributed by atoms with Gasteiger partial charge in [-0.3, -0.25) is 9.69 Å². The Morgan fingerprint density at radius 3 is 2.58 bits per heavy atom. The number of carbonyl (C=O) groups is 3. The first-order valence-corrected chi connectivity index (χ1v) is 11.2. The smallest absolute Gasteiger partial charge is 0.407 e. The number of hydrogen-bond donors (Lipinski definition) is 3. The Labute approximate surface area is 207 Å². The summed E-state index contributed by atoms with van der Waals surface area (Å²) in [7, 11) is 0. The number of alkyl halides is 2. The minimum absolute atomic E-state index is 0.0799. The normalized spacial score (nSPS) is 20.1. The summed E-state index contributed by atoms with van der Waals surface area (Å²) < 4.78 is 60.2. The van der Waals surface area contributed by atoms with Crippen LogP contribution in [0.3, 0.4) is 0 Å². The van der Waals surface area contributed by atoms with Crippen LogP contribution in [0.2, 0.25) is 5.02 Å². The Hall–Kier alpha value is -3.54. The van der Waals surface area contributed by atoms with Gasteiger partial charge in [-0.15, -0.1) is 0 Å². The molecule has 1 aliphatic heterocycles. The Kier molecular flexibility index (Phi) is 6.98. The van der Waals surface area contributed by atoms with Crippen LogP contribution in [-0.2, 0) is 11.2 Å². The molecule has 0 aromatic heterocycles. The maximum absolute atomic E-state index is 14.7. The molecule has 2 aliphatic rings. The zero-order valence-corrected chi connectivity index (χ0v) is 19.3. The molecule has 1 aliphatic carbocycles. The number of carboxylic acid groups (broad SMARTS) is 1. The average Bonchev–Trinajstić information content (AvgIpc) is 3.36. The third-order valence-corrected chi connectivity index (χ3v) is 6.37. The van der Waals surface area contributed by atoms with Gasteiger partial charge in [-0.2, -0.15) is 0 Å². The van der Waals surface area contributed by atoms with Crippen LogP contribution in [0.1, 0.15) is 40.4 Å². The van der Waals surface area contributed by atoms with Crippen LogP contribution in [0.5, 0.6) is 0 Å². The van der Waals surface area contributed by atoms with E-state index < -0.39 is 67.3 Å². The zero-order chi connectivity index (χ0) is 26.2. The zero-order valence-electron chi connectivity index (χ0n) is 18.5. The van der Waals surface area contributed by atoms with Crippen molar-refractivity contribution in [1.82, 2.24) is 10.2 Å². The van der Waals surface area contributed by atoms with Crippen LogP contribution < -0.4 is 10.6 Å². The van der Waals surface area contributed by atoms with E-state index in [-0.39, 0.29) is 34.7 Å². The number of rotatable bonds is 5. The summed E-state index contributed by atoms with van der Waals surface area (Å²) in [5.74, 6) is -5.14. The van der Waals surface area contributed by atoms with E-state index in [0.29, 0.717) is 10.5 Å². The van der Waals surface area contributed by atoms with Gasteiger partial charge in [0.2, 0.25) is 0 Å². The number of nitrogens with one attached hydrogen (secondary N) is 2. The molecule has 8 nitrogen and oxygen atoms in total. The molecule has 2 aromatic carbocycles. The molecule has 1 heterocycles. The van der Waals surface area contributed by atoms with E-state index in [2.05, 4.69) is 10.6 Å². The number of alkyl carbamates (subject to hydrolysis) is 1. The molecular formula is C23H20ClF4N3O5. The van der Waals surface area contributed by atoms with Crippen molar-refractivity contribution < 1.29 is 41.8 Å². The van der Waals surface area contributed by atoms with E-state index in [0.717, 1.165) is 12.1 Å². The van der Waals surface area contributed by atoms with E-state index in [9.17, 15) is 31.9 Å². The quantitative estimate of drug-likeness (QED) is 0.474. The van der Waals surface area contributed by atoms with Gasteiger partial charge in [-0.05, 0) is 48.7 Å². The Morgan fingerprint density at radius 1 is 1.17 bits per heavy atom. The molecule has 36 heavy (non-hydrogen) atoms. The van der Waals surface area contributed by atoms with Gasteiger partial charge < -0.3 is 20.5 Å². The number of amides is 3. The van der Waals surface area contributed by atoms with Crippen LogP contribution in [0.25, 0.3) is 0 Å². The number of nitrogens with zero attached hydrogens (tertiary/aromatic N) is 1. The summed E-state index contributed by atoms with van der Waals surface area (Å²) in [6, 6.07) is 3.91. The number of benzene rings is 2. The Balaban J connectivity index is 1.43. The highest BCUT2D eigenvalue weighted by Gasteiger charge is 2.47. The number of anilines is 1. The standard InChI is InChI=1S/C23H20ClF4N3O5/c24-15-7-11(1-4-16(15)25)29-20(32)14-2-5-17(26)19-13(14)3-6-18(19)30-21(33)36-9-12-8-23(27,28)10-31(12)22(34)35/h1-2,4-5,7,12,18H,3,6,8-10H2,(H,29,32)(H,30,33)(H,34,35)/t12?,18-/m0/s1. The molecule has 0 radical (unpaired) electrons. The van der Waals surface area contributed by atoms with E-state index in [1.54, 1.807) is 0 Å². The van der Waals surface area contributed by atoms with Gasteiger partial charge in [-0.1, -0.05) is 11.6 Å². The van der Waals surface area contributed by atoms with E-state index in [1.807, 2.05) is 0 Å². The van der Waals surface area contributed by atoms with Crippen molar-refractivity contribution in [1.29, 1.82) is 0 Å². The second-order valence-corrected chi connectivity index (χ2v) is 8.94. The topological polar surface area (TPSA) is 108 Å². The summed E-state index contributed by atoms with van der Waals surface area (Å²) in [4.78, 5) is 36.8. The van der Waals surface area contributed by atoms with Crippen molar-refractivity contribution in [3.05, 3.63) is 63.7 Å². The van der Waals surface area contributed by atoms with E-state index in [4.69, 9.17) is 21.4 Å². The van der Waals surface area contributed by atoms with Crippen molar-refractivity contribution in [3.63, 3.8) is 0 Å². The SMILES string of the molecule is O=C(N[C@H]1CCc2c(C(=O)Nc3ccc(F)c(Cl)c3)ccc(F)c21)OCC1CC(F)(F)CN1C(=O)O. The second kappa shape index (κ2) is 9.84. The minimum Gasteiger partial charge on any atom is -0.465 e. The van der Waals surface area contributed by atoms with Crippen LogP contribution >= 0.6 is 11.6 Å². The van der Waals surface area contributed by atoms with Gasteiger partial charge >= 0.3 is 12.2 Å². The van der Waals surface area contributed by atoms with E-state index in [1.165, 1.54) is 18.2 Å². The van der Waals surface area contributed by atoms with Crippen molar-refractivity contribution in [2.75, 3.05) is 18.5 Å². The molecule has 0 saturated carbocycles. The highest BCUT2D eigenvalue weighted by atomic mass is 35.5. The summed E-state index contributed by atoms with van der Waals surface area (Å²) in [6.45, 7) is -1.59. The molecule has 1 fully saturated rings. The maximum Gasteiger partial charge on any atom is 0.407 e. The van der Waals surface area contributed by atoms with Crippen molar-refractivity contribution in [2.45, 2.75) is 37.3 Å². The molecule has 2 atom stereocenters. The number of carbonyl (C=O) groups excluding carboxylic acids is 2. The minimum atomic E-state index is -3.23. The van der Waals surface area contributed by atoms with Gasteiger partial charge in [0.1, 0.15) is 18.2 Å². The molecule has 0 bridgehead atoms. The van der Waals surface area contributed by atoms with Crippen LogP contribution in [0.4, 0.5) is 32.8 Å². The summed E-state index contributed by atoms with van der Waals surface area (Å²) in [6.07, 6.45) is -2.90. The number of likely N-dealkylation sites (tertiary alicyclic amines) is 1. The van der Waals surface area contributed by atoms with Gasteiger partial charge in [0.05, 0.1) is 23.7 Å². The average molecular weight is 530 g/mol. The van der Waals surface area contributed by atoms with Gasteiger partial charge in [0.15, 0.2) is 0 Å². The molecule has 4 rings (SSSR count). The maximum atomic E-state index is 14.7. The number of fused-ring (bicyclic) bond motifs is 1. The fraction of sp³-hybridized carbons (Fsp3) is 0.348. The summed E-state index contributed by atoms with van der Waals surface area (Å²) in [5, 5.41) is 13.9.